The van der Waals surface area contributed by atoms with Gasteiger partial charge in [-0.15, -0.1) is 11.8 Å². The van der Waals surface area contributed by atoms with Gasteiger partial charge in [-0.2, -0.15) is 0 Å². The van der Waals surface area contributed by atoms with E-state index >= 15 is 0 Å². The van der Waals surface area contributed by atoms with Crippen molar-refractivity contribution in [1.29, 1.82) is 0 Å². The van der Waals surface area contributed by atoms with Crippen molar-refractivity contribution in [2.75, 3.05) is 18.0 Å². The Morgan fingerprint density at radius 2 is 1.78 bits per heavy atom. The Hall–Kier alpha value is -2.97. The first kappa shape index (κ1) is 31.0. The summed E-state index contributed by atoms with van der Waals surface area (Å²) in [5.74, 6) is 0.256. The highest BCUT2D eigenvalue weighted by Crippen LogP contribution is 2.48. The maximum Gasteiger partial charge on any atom is 0.325 e. The van der Waals surface area contributed by atoms with Crippen molar-refractivity contribution in [3.8, 4) is 5.75 Å². The normalized spacial score (nSPS) is 17.2. The zero-order valence-electron chi connectivity index (χ0n) is 24.0. The minimum Gasteiger partial charge on any atom is -0.480 e. The predicted octanol–water partition coefficient (Wildman–Crippen LogP) is 7.90. The fraction of sp³-hybridized carbons (Fsp3) is 0.394. The highest BCUT2D eigenvalue weighted by atomic mass is 79.9. The predicted molar refractivity (Wildman–Crippen MR) is 170 cm³/mol. The highest BCUT2D eigenvalue weighted by molar-refractivity contribution is 9.10. The maximum atomic E-state index is 12.8. The number of carbonyl (C=O) groups excluding carboxylic acids is 2. The molecule has 3 aromatic rings. The Morgan fingerprint density at radius 3 is 2.46 bits per heavy atom. The van der Waals surface area contributed by atoms with Crippen LogP contribution < -0.4 is 15.0 Å². The van der Waals surface area contributed by atoms with Crippen LogP contribution >= 0.6 is 27.7 Å². The number of nitrogens with one attached hydrogen (secondary N) is 1. The largest absolute Gasteiger partial charge is 0.480 e. The maximum absolute atomic E-state index is 12.8. The van der Waals surface area contributed by atoms with E-state index in [1.54, 1.807) is 6.92 Å². The van der Waals surface area contributed by atoms with E-state index < -0.39 is 12.1 Å². The minimum atomic E-state index is -0.799. The number of ether oxygens (including phenoxy) is 2. The molecule has 0 aromatic heterocycles. The third-order valence-corrected chi connectivity index (χ3v) is 9.41. The number of unbranched alkanes of at least 4 members (excludes halogenated alkanes) is 1. The summed E-state index contributed by atoms with van der Waals surface area (Å²) in [6.45, 7) is 7.10. The van der Waals surface area contributed by atoms with Gasteiger partial charge in [0.05, 0.1) is 10.2 Å². The van der Waals surface area contributed by atoms with E-state index in [1.807, 2.05) is 48.2 Å². The van der Waals surface area contributed by atoms with Crippen molar-refractivity contribution in [2.24, 2.45) is 5.92 Å². The zero-order chi connectivity index (χ0) is 29.2. The number of hydrogen-bond donors (Lipinski definition) is 1. The molecule has 6 nitrogen and oxygen atoms in total. The number of hydrogen-bond acceptors (Lipinski definition) is 6. The molecular formula is C33H39BrN2O4S. The molecule has 3 aromatic carbocycles. The molecule has 0 radical (unpaired) electrons. The number of para-hydroxylation sites is 1. The van der Waals surface area contributed by atoms with Gasteiger partial charge in [0.1, 0.15) is 18.9 Å². The lowest BCUT2D eigenvalue weighted by molar-refractivity contribution is -0.145. The van der Waals surface area contributed by atoms with Crippen molar-refractivity contribution in [2.45, 2.75) is 69.3 Å². The van der Waals surface area contributed by atoms with Gasteiger partial charge in [0.2, 0.25) is 0 Å². The Morgan fingerprint density at radius 1 is 1.07 bits per heavy atom. The Bertz CT molecular complexity index is 1290. The zero-order valence-corrected chi connectivity index (χ0v) is 26.4. The van der Waals surface area contributed by atoms with Gasteiger partial charge in [0.25, 0.3) is 5.91 Å². The standard InChI is InChI=1S/C33H39BrN2O4S/c1-4-6-17-30-25(5-2)21-36(26-15-11-8-12-16-26)28-18-27(34)29(19-31(28)41-30)40-23(3)33(38)35-20-32(37)39-22-24-13-9-7-10-14-24/h7-16,18-19,23,25,30H,4-6,17,20-22H2,1-3H3,(H,35,38)/t23-,25?,30?/m1/s1. The van der Waals surface area contributed by atoms with Crippen LogP contribution in [-0.4, -0.2) is 36.3 Å². The summed E-state index contributed by atoms with van der Waals surface area (Å²) >= 11 is 5.63. The first-order valence-corrected chi connectivity index (χ1v) is 16.0. The summed E-state index contributed by atoms with van der Waals surface area (Å²) < 4.78 is 12.2. The third-order valence-electron chi connectivity index (χ3n) is 7.28. The van der Waals surface area contributed by atoms with Crippen LogP contribution in [0, 0.1) is 5.92 Å². The Labute approximate surface area is 256 Å². The number of nitrogens with zero attached hydrogens (tertiary/aromatic N) is 1. The molecule has 218 valence electrons. The monoisotopic (exact) mass is 638 g/mol. The number of anilines is 2. The summed E-state index contributed by atoms with van der Waals surface area (Å²) in [5.41, 5.74) is 3.19. The number of thioether (sulfide) groups is 1. The van der Waals surface area contributed by atoms with Crippen molar-refractivity contribution in [3.63, 3.8) is 0 Å². The summed E-state index contributed by atoms with van der Waals surface area (Å²) in [4.78, 5) is 28.5. The molecule has 0 saturated carbocycles. The molecular weight excluding hydrogens is 600 g/mol. The van der Waals surface area contributed by atoms with Crippen LogP contribution in [0.15, 0.2) is 82.2 Å². The van der Waals surface area contributed by atoms with Crippen LogP contribution in [0.5, 0.6) is 5.75 Å². The van der Waals surface area contributed by atoms with E-state index in [2.05, 4.69) is 76.4 Å². The lowest BCUT2D eigenvalue weighted by atomic mass is 9.96. The minimum absolute atomic E-state index is 0.166. The fourth-order valence-corrected chi connectivity index (χ4v) is 6.88. The van der Waals surface area contributed by atoms with Crippen molar-refractivity contribution in [1.82, 2.24) is 5.32 Å². The van der Waals surface area contributed by atoms with Crippen LogP contribution in [0.1, 0.15) is 52.0 Å². The summed E-state index contributed by atoms with van der Waals surface area (Å²) in [5, 5.41) is 3.13. The first-order chi connectivity index (χ1) is 19.9. The number of fused-ring (bicyclic) bond motifs is 1. The Balaban J connectivity index is 1.47. The van der Waals surface area contributed by atoms with E-state index in [0.717, 1.165) is 45.7 Å². The second kappa shape index (κ2) is 15.3. The summed E-state index contributed by atoms with van der Waals surface area (Å²) in [6.07, 6.45) is 3.83. The van der Waals surface area contributed by atoms with Gasteiger partial charge in [0.15, 0.2) is 6.10 Å². The van der Waals surface area contributed by atoms with Gasteiger partial charge in [-0.25, -0.2) is 0 Å². The van der Waals surface area contributed by atoms with E-state index in [0.29, 0.717) is 16.9 Å². The molecule has 1 aliphatic heterocycles. The first-order valence-electron chi connectivity index (χ1n) is 14.4. The van der Waals surface area contributed by atoms with Gasteiger partial charge in [0, 0.05) is 22.4 Å². The molecule has 0 spiro atoms. The quantitative estimate of drug-likeness (QED) is 0.203. The molecule has 1 aliphatic rings. The smallest absolute Gasteiger partial charge is 0.325 e. The van der Waals surface area contributed by atoms with E-state index in [4.69, 9.17) is 9.47 Å². The molecule has 8 heteroatoms. The van der Waals surface area contributed by atoms with Gasteiger partial charge in [-0.1, -0.05) is 81.6 Å². The van der Waals surface area contributed by atoms with Crippen LogP contribution in [0.4, 0.5) is 11.4 Å². The van der Waals surface area contributed by atoms with E-state index in [-0.39, 0.29) is 19.1 Å². The lowest BCUT2D eigenvalue weighted by Crippen LogP contribution is -2.39. The Kier molecular flexibility index (Phi) is 11.6. The number of benzene rings is 3. The second-order valence-corrected chi connectivity index (χ2v) is 12.4. The van der Waals surface area contributed by atoms with E-state index in [9.17, 15) is 9.59 Å². The summed E-state index contributed by atoms with van der Waals surface area (Å²) in [6, 6.07) is 24.1. The van der Waals surface area contributed by atoms with Crippen molar-refractivity contribution in [3.05, 3.63) is 82.8 Å². The van der Waals surface area contributed by atoms with Gasteiger partial charge >= 0.3 is 5.97 Å². The molecule has 4 rings (SSSR count). The molecule has 1 amide bonds. The van der Waals surface area contributed by atoms with Crippen molar-refractivity contribution >= 4 is 50.9 Å². The van der Waals surface area contributed by atoms with Crippen LogP contribution in [0.25, 0.3) is 0 Å². The van der Waals surface area contributed by atoms with E-state index in [1.165, 1.54) is 12.8 Å². The molecule has 1 N–H and O–H groups in total. The molecule has 2 unspecified atom stereocenters. The van der Waals surface area contributed by atoms with Crippen LogP contribution in [0.2, 0.25) is 0 Å². The average Bonchev–Trinajstić information content (AvgIpc) is 3.14. The average molecular weight is 640 g/mol. The molecule has 0 bridgehead atoms. The van der Waals surface area contributed by atoms with Crippen molar-refractivity contribution < 1.29 is 19.1 Å². The highest BCUT2D eigenvalue weighted by Gasteiger charge is 2.31. The molecule has 1 heterocycles. The molecule has 3 atom stereocenters. The van der Waals surface area contributed by atoms with Crippen LogP contribution in [0.3, 0.4) is 0 Å². The number of rotatable bonds is 12. The van der Waals surface area contributed by atoms with Gasteiger partial charge < -0.3 is 19.7 Å². The number of halogens is 1. The molecule has 0 fully saturated rings. The number of amides is 1. The third kappa shape index (κ3) is 8.52. The number of carbonyl (C=O) groups is 2. The number of esters is 1. The van der Waals surface area contributed by atoms with Gasteiger partial charge in [-0.05, 0) is 65.0 Å². The SMILES string of the molecule is CCCCC1Sc2cc(O[C@H](C)C(=O)NCC(=O)OCc3ccccc3)c(Br)cc2N(c2ccccc2)CC1CC. The van der Waals surface area contributed by atoms with Crippen LogP contribution in [-0.2, 0) is 20.9 Å². The molecule has 0 saturated heterocycles. The lowest BCUT2D eigenvalue weighted by Gasteiger charge is -2.29. The topological polar surface area (TPSA) is 67.9 Å². The molecule has 0 aliphatic carbocycles. The fourth-order valence-electron chi connectivity index (χ4n) is 4.91. The second-order valence-electron chi connectivity index (χ2n) is 10.3. The van der Waals surface area contributed by atoms with Gasteiger partial charge in [-0.3, -0.25) is 9.59 Å². The summed E-state index contributed by atoms with van der Waals surface area (Å²) in [7, 11) is 0. The molecule has 41 heavy (non-hydrogen) atoms.